The van der Waals surface area contributed by atoms with Crippen molar-refractivity contribution in [3.8, 4) is 6.07 Å². The lowest BCUT2D eigenvalue weighted by molar-refractivity contribution is 0.564. The minimum Gasteiger partial charge on any atom is -0.383 e. The van der Waals surface area contributed by atoms with Crippen LogP contribution in [0.2, 0.25) is 0 Å². The summed E-state index contributed by atoms with van der Waals surface area (Å²) in [7, 11) is 3.85. The predicted octanol–water partition coefficient (Wildman–Crippen LogP) is 1.14. The lowest BCUT2D eigenvalue weighted by Gasteiger charge is -2.00. The topological polar surface area (TPSA) is 27.0 Å². The van der Waals surface area contributed by atoms with Gasteiger partial charge in [0.1, 0.15) is 0 Å². The molecule has 2 heteroatoms. The molecular weight excluding hydrogens is 112 g/mol. The van der Waals surface area contributed by atoms with Crippen molar-refractivity contribution in [2.45, 2.75) is 0 Å². The van der Waals surface area contributed by atoms with Gasteiger partial charge in [-0.1, -0.05) is 6.08 Å². The SMILES string of the molecule is CN(C)/C=C/C=C/C#N. The summed E-state index contributed by atoms with van der Waals surface area (Å²) in [6.07, 6.45) is 6.80. The van der Waals surface area contributed by atoms with Crippen LogP contribution in [-0.2, 0) is 0 Å². The van der Waals surface area contributed by atoms with Gasteiger partial charge in [-0.2, -0.15) is 5.26 Å². The molecule has 0 aliphatic heterocycles. The maximum Gasteiger partial charge on any atom is 0.0912 e. The largest absolute Gasteiger partial charge is 0.383 e. The molecular formula is C7H10N2. The van der Waals surface area contributed by atoms with E-state index in [0.29, 0.717) is 0 Å². The summed E-state index contributed by atoms with van der Waals surface area (Å²) >= 11 is 0. The van der Waals surface area contributed by atoms with Crippen molar-refractivity contribution in [2.24, 2.45) is 0 Å². The van der Waals surface area contributed by atoms with E-state index in [0.717, 1.165) is 0 Å². The highest BCUT2D eigenvalue weighted by atomic mass is 15.0. The van der Waals surface area contributed by atoms with E-state index in [1.807, 2.05) is 37.3 Å². The number of nitrogens with zero attached hydrogens (tertiary/aromatic N) is 2. The molecule has 0 fully saturated rings. The third-order valence-electron chi connectivity index (χ3n) is 0.666. The Morgan fingerprint density at radius 2 is 2.00 bits per heavy atom. The van der Waals surface area contributed by atoms with E-state index < -0.39 is 0 Å². The molecule has 0 aliphatic carbocycles. The van der Waals surface area contributed by atoms with Gasteiger partial charge in [0.15, 0.2) is 0 Å². The van der Waals surface area contributed by atoms with Crippen LogP contribution in [0.3, 0.4) is 0 Å². The Morgan fingerprint density at radius 3 is 2.44 bits per heavy atom. The highest BCUT2D eigenvalue weighted by Gasteiger charge is 1.69. The van der Waals surface area contributed by atoms with E-state index >= 15 is 0 Å². The molecule has 0 heterocycles. The van der Waals surface area contributed by atoms with E-state index in [9.17, 15) is 0 Å². The fourth-order valence-corrected chi connectivity index (χ4v) is 0.320. The van der Waals surface area contributed by atoms with Crippen molar-refractivity contribution in [1.29, 1.82) is 5.26 Å². The van der Waals surface area contributed by atoms with Gasteiger partial charge in [-0.25, -0.2) is 0 Å². The van der Waals surface area contributed by atoms with Gasteiger partial charge in [0.2, 0.25) is 0 Å². The van der Waals surface area contributed by atoms with E-state index in [4.69, 9.17) is 5.26 Å². The Morgan fingerprint density at radius 1 is 1.33 bits per heavy atom. The van der Waals surface area contributed by atoms with E-state index in [1.165, 1.54) is 6.08 Å². The lowest BCUT2D eigenvalue weighted by atomic mass is 10.5. The number of hydrogen-bond donors (Lipinski definition) is 0. The second kappa shape index (κ2) is 4.92. The van der Waals surface area contributed by atoms with Crippen LogP contribution in [0.15, 0.2) is 24.4 Å². The average Bonchev–Trinajstić information content (AvgIpc) is 1.80. The molecule has 0 aromatic heterocycles. The van der Waals surface area contributed by atoms with Gasteiger partial charge in [-0.3, -0.25) is 0 Å². The maximum absolute atomic E-state index is 8.05. The fourth-order valence-electron chi connectivity index (χ4n) is 0.320. The summed E-state index contributed by atoms with van der Waals surface area (Å²) in [6, 6.07) is 1.89. The molecule has 0 aromatic carbocycles. The van der Waals surface area contributed by atoms with E-state index in [2.05, 4.69) is 0 Å². The molecule has 0 amide bonds. The van der Waals surface area contributed by atoms with Crippen LogP contribution in [-0.4, -0.2) is 19.0 Å². The number of nitriles is 1. The number of hydrogen-bond acceptors (Lipinski definition) is 2. The first kappa shape index (κ1) is 7.77. The van der Waals surface area contributed by atoms with Crippen molar-refractivity contribution < 1.29 is 0 Å². The molecule has 0 rings (SSSR count). The quantitative estimate of drug-likeness (QED) is 0.405. The molecule has 9 heavy (non-hydrogen) atoms. The molecule has 0 saturated heterocycles. The van der Waals surface area contributed by atoms with Crippen LogP contribution in [0.5, 0.6) is 0 Å². The molecule has 0 bridgehead atoms. The molecule has 0 spiro atoms. The van der Waals surface area contributed by atoms with Crippen molar-refractivity contribution >= 4 is 0 Å². The molecule has 0 aliphatic rings. The van der Waals surface area contributed by atoms with Crippen LogP contribution in [0.4, 0.5) is 0 Å². The summed E-state index contributed by atoms with van der Waals surface area (Å²) in [5.74, 6) is 0. The fraction of sp³-hybridized carbons (Fsp3) is 0.286. The van der Waals surface area contributed by atoms with Gasteiger partial charge >= 0.3 is 0 Å². The molecule has 0 aromatic rings. The Labute approximate surface area is 55.7 Å². The second-order valence-corrected chi connectivity index (χ2v) is 1.79. The molecule has 0 radical (unpaired) electrons. The second-order valence-electron chi connectivity index (χ2n) is 1.79. The van der Waals surface area contributed by atoms with Crippen molar-refractivity contribution in [3.05, 3.63) is 24.4 Å². The monoisotopic (exact) mass is 122 g/mol. The van der Waals surface area contributed by atoms with Crippen molar-refractivity contribution in [1.82, 2.24) is 4.90 Å². The first-order valence-electron chi connectivity index (χ1n) is 2.66. The van der Waals surface area contributed by atoms with Gasteiger partial charge in [0.05, 0.1) is 6.07 Å². The standard InChI is InChI=1S/C7H10N2/c1-9(2)7-5-3-4-6-8/h3-5,7H,1-2H3/b4-3+,7-5+. The van der Waals surface area contributed by atoms with Crippen LogP contribution in [0.1, 0.15) is 0 Å². The van der Waals surface area contributed by atoms with Gasteiger partial charge in [0, 0.05) is 20.2 Å². The third-order valence-corrected chi connectivity index (χ3v) is 0.666. The highest BCUT2D eigenvalue weighted by molar-refractivity contribution is 5.10. The number of rotatable bonds is 2. The molecule has 48 valence electrons. The zero-order valence-electron chi connectivity index (χ0n) is 5.70. The zero-order chi connectivity index (χ0) is 7.11. The van der Waals surface area contributed by atoms with Crippen LogP contribution in [0, 0.1) is 11.3 Å². The summed E-state index contributed by atoms with van der Waals surface area (Å²) in [4.78, 5) is 1.90. The summed E-state index contributed by atoms with van der Waals surface area (Å²) in [5.41, 5.74) is 0. The minimum absolute atomic E-state index is 1.43. The zero-order valence-corrected chi connectivity index (χ0v) is 5.70. The average molecular weight is 122 g/mol. The maximum atomic E-state index is 8.05. The third kappa shape index (κ3) is 6.77. The molecule has 0 saturated carbocycles. The van der Waals surface area contributed by atoms with Gasteiger partial charge in [-0.15, -0.1) is 0 Å². The molecule has 0 atom stereocenters. The predicted molar refractivity (Wildman–Crippen MR) is 37.6 cm³/mol. The Balaban J connectivity index is 3.50. The van der Waals surface area contributed by atoms with Crippen LogP contribution in [0.25, 0.3) is 0 Å². The first-order valence-corrected chi connectivity index (χ1v) is 2.66. The highest BCUT2D eigenvalue weighted by Crippen LogP contribution is 1.78. The Hall–Kier alpha value is -1.23. The minimum atomic E-state index is 1.43. The normalized spacial score (nSPS) is 10.3. The van der Waals surface area contributed by atoms with Crippen LogP contribution >= 0.6 is 0 Å². The van der Waals surface area contributed by atoms with E-state index in [1.54, 1.807) is 6.08 Å². The summed E-state index contributed by atoms with van der Waals surface area (Å²) < 4.78 is 0. The van der Waals surface area contributed by atoms with Gasteiger partial charge < -0.3 is 4.90 Å². The smallest absolute Gasteiger partial charge is 0.0912 e. The Bertz CT molecular complexity index is 149. The molecule has 2 nitrogen and oxygen atoms in total. The van der Waals surface area contributed by atoms with Gasteiger partial charge in [0.25, 0.3) is 0 Å². The number of allylic oxidation sites excluding steroid dienone is 3. The molecule has 0 N–H and O–H groups in total. The van der Waals surface area contributed by atoms with Crippen LogP contribution < -0.4 is 0 Å². The lowest BCUT2D eigenvalue weighted by Crippen LogP contribution is -1.99. The first-order chi connectivity index (χ1) is 4.27. The summed E-state index contributed by atoms with van der Waals surface area (Å²) in [6.45, 7) is 0. The van der Waals surface area contributed by atoms with Crippen molar-refractivity contribution in [3.63, 3.8) is 0 Å². The summed E-state index contributed by atoms with van der Waals surface area (Å²) in [5, 5.41) is 8.05. The molecule has 0 unspecified atom stereocenters. The van der Waals surface area contributed by atoms with Gasteiger partial charge in [-0.05, 0) is 12.3 Å². The van der Waals surface area contributed by atoms with E-state index in [-0.39, 0.29) is 0 Å². The van der Waals surface area contributed by atoms with Crippen molar-refractivity contribution in [2.75, 3.05) is 14.1 Å². The Kier molecular flexibility index (Phi) is 4.25.